The minimum absolute atomic E-state index is 0.277. The first kappa shape index (κ1) is 19.8. The van der Waals surface area contributed by atoms with Crippen LogP contribution >= 0.6 is 0 Å². The molecule has 0 aliphatic carbocycles. The molecule has 0 saturated carbocycles. The van der Waals surface area contributed by atoms with Crippen LogP contribution in [0.3, 0.4) is 0 Å². The zero-order valence-corrected chi connectivity index (χ0v) is 18.4. The van der Waals surface area contributed by atoms with Crippen LogP contribution < -0.4 is 9.47 Å². The standard InChI is InChI=1S/C25H23FN4O3/c1-16-13-29(15-27-16)21-8-5-17(11-23(21)31-2)10-18-4-3-9-30-24(18)28-33-25(30)14-32-22-12-19(26)6-7-20(22)25/h5-8,10-13,15H,3-4,9,14H2,1-2H3/t25-/m1/s1. The molecule has 3 aliphatic rings. The molecular weight excluding hydrogens is 423 g/mol. The van der Waals surface area contributed by atoms with Crippen molar-refractivity contribution >= 4 is 11.9 Å². The molecule has 1 fully saturated rings. The second-order valence-electron chi connectivity index (χ2n) is 8.50. The summed E-state index contributed by atoms with van der Waals surface area (Å²) in [5.74, 6) is 1.75. The van der Waals surface area contributed by atoms with Gasteiger partial charge in [-0.2, -0.15) is 0 Å². The number of aromatic nitrogens is 2. The molecule has 168 valence electrons. The van der Waals surface area contributed by atoms with Crippen LogP contribution in [-0.2, 0) is 10.6 Å². The summed E-state index contributed by atoms with van der Waals surface area (Å²) in [6.45, 7) is 3.02. The number of imidazole rings is 1. The topological polar surface area (TPSA) is 61.1 Å². The van der Waals surface area contributed by atoms with Gasteiger partial charge in [-0.25, -0.2) is 9.37 Å². The number of hydrogen-bond donors (Lipinski definition) is 0. The fraction of sp³-hybridized carbons (Fsp3) is 0.280. The highest BCUT2D eigenvalue weighted by Crippen LogP contribution is 2.47. The molecule has 4 heterocycles. The van der Waals surface area contributed by atoms with Crippen LogP contribution in [0.2, 0.25) is 0 Å². The molecule has 1 aromatic heterocycles. The van der Waals surface area contributed by atoms with E-state index in [1.54, 1.807) is 19.5 Å². The maximum absolute atomic E-state index is 13.7. The third kappa shape index (κ3) is 3.08. The van der Waals surface area contributed by atoms with Gasteiger partial charge in [-0.1, -0.05) is 11.2 Å². The number of ether oxygens (including phenoxy) is 2. The van der Waals surface area contributed by atoms with Crippen LogP contribution in [0.1, 0.15) is 29.7 Å². The van der Waals surface area contributed by atoms with E-state index in [1.165, 1.54) is 12.1 Å². The van der Waals surface area contributed by atoms with Gasteiger partial charge in [0.15, 0.2) is 12.4 Å². The molecule has 2 aromatic carbocycles. The Hall–Kier alpha value is -3.81. The second-order valence-corrected chi connectivity index (χ2v) is 8.50. The van der Waals surface area contributed by atoms with Crippen LogP contribution in [0.25, 0.3) is 11.8 Å². The van der Waals surface area contributed by atoms with E-state index in [4.69, 9.17) is 14.3 Å². The summed E-state index contributed by atoms with van der Waals surface area (Å²) in [6.07, 6.45) is 7.71. The summed E-state index contributed by atoms with van der Waals surface area (Å²) >= 11 is 0. The number of amidine groups is 1. The van der Waals surface area contributed by atoms with Crippen LogP contribution in [0, 0.1) is 12.7 Å². The lowest BCUT2D eigenvalue weighted by Gasteiger charge is -2.36. The molecule has 1 atom stereocenters. The molecular formula is C25H23FN4O3. The number of halogens is 1. The minimum atomic E-state index is -0.835. The minimum Gasteiger partial charge on any atom is -0.495 e. The molecule has 3 aliphatic heterocycles. The van der Waals surface area contributed by atoms with Gasteiger partial charge in [0.2, 0.25) is 0 Å². The fourth-order valence-corrected chi connectivity index (χ4v) is 4.82. The normalized spacial score (nSPS) is 22.1. The lowest BCUT2D eigenvalue weighted by Crippen LogP contribution is -2.50. The van der Waals surface area contributed by atoms with Gasteiger partial charge >= 0.3 is 0 Å². The summed E-state index contributed by atoms with van der Waals surface area (Å²) < 4.78 is 27.1. The quantitative estimate of drug-likeness (QED) is 0.597. The van der Waals surface area contributed by atoms with Gasteiger partial charge in [0, 0.05) is 18.8 Å². The Kier molecular flexibility index (Phi) is 4.43. The first-order chi connectivity index (χ1) is 16.1. The summed E-state index contributed by atoms with van der Waals surface area (Å²) in [6, 6.07) is 10.7. The van der Waals surface area contributed by atoms with E-state index in [0.717, 1.165) is 59.1 Å². The van der Waals surface area contributed by atoms with Crippen LogP contribution in [0.4, 0.5) is 4.39 Å². The Bertz CT molecular complexity index is 1310. The number of piperidine rings is 1. The van der Waals surface area contributed by atoms with Gasteiger partial charge in [0.25, 0.3) is 5.72 Å². The van der Waals surface area contributed by atoms with Crippen molar-refractivity contribution in [2.24, 2.45) is 5.16 Å². The molecule has 33 heavy (non-hydrogen) atoms. The fourth-order valence-electron chi connectivity index (χ4n) is 4.82. The molecule has 6 rings (SSSR count). The Morgan fingerprint density at radius 3 is 2.94 bits per heavy atom. The molecule has 8 heteroatoms. The van der Waals surface area contributed by atoms with Gasteiger partial charge in [-0.3, -0.25) is 0 Å². The molecule has 1 spiro atoms. The number of oxime groups is 1. The molecule has 7 nitrogen and oxygen atoms in total. The molecule has 1 saturated heterocycles. The van der Waals surface area contributed by atoms with Crippen LogP contribution in [0.15, 0.2) is 59.7 Å². The number of fused-ring (bicyclic) bond motifs is 4. The number of methoxy groups -OCH3 is 1. The summed E-state index contributed by atoms with van der Waals surface area (Å²) in [4.78, 5) is 12.4. The van der Waals surface area contributed by atoms with Gasteiger partial charge in [0.05, 0.1) is 30.4 Å². The highest BCUT2D eigenvalue weighted by atomic mass is 19.1. The maximum Gasteiger partial charge on any atom is 0.274 e. The number of nitrogens with zero attached hydrogens (tertiary/aromatic N) is 4. The first-order valence-electron chi connectivity index (χ1n) is 10.9. The average molecular weight is 446 g/mol. The van der Waals surface area contributed by atoms with Crippen molar-refractivity contribution in [1.29, 1.82) is 0 Å². The monoisotopic (exact) mass is 446 g/mol. The molecule has 0 radical (unpaired) electrons. The van der Waals surface area contributed by atoms with Crippen molar-refractivity contribution in [2.75, 3.05) is 20.3 Å². The van der Waals surface area contributed by atoms with Crippen molar-refractivity contribution in [3.63, 3.8) is 0 Å². The van der Waals surface area contributed by atoms with Crippen molar-refractivity contribution in [1.82, 2.24) is 14.5 Å². The first-order valence-corrected chi connectivity index (χ1v) is 10.9. The van der Waals surface area contributed by atoms with Crippen molar-refractivity contribution in [3.05, 3.63) is 77.1 Å². The second kappa shape index (κ2) is 7.37. The zero-order valence-electron chi connectivity index (χ0n) is 18.4. The molecule has 3 aromatic rings. The highest BCUT2D eigenvalue weighted by molar-refractivity contribution is 6.03. The van der Waals surface area contributed by atoms with Crippen LogP contribution in [0.5, 0.6) is 11.5 Å². The Labute approximate surface area is 190 Å². The van der Waals surface area contributed by atoms with Gasteiger partial charge in [-0.05, 0) is 61.2 Å². The molecule has 0 unspecified atom stereocenters. The predicted octanol–water partition coefficient (Wildman–Crippen LogP) is 4.40. The summed E-state index contributed by atoms with van der Waals surface area (Å²) in [5, 5.41) is 4.46. The van der Waals surface area contributed by atoms with Gasteiger partial charge in [-0.15, -0.1) is 0 Å². The SMILES string of the molecule is COc1cc(C=C2CCCN3C2=NO[C@@]32COc3cc(F)ccc32)ccc1-n1cnc(C)c1. The van der Waals surface area contributed by atoms with E-state index in [9.17, 15) is 4.39 Å². The number of benzene rings is 2. The lowest BCUT2D eigenvalue weighted by molar-refractivity contribution is -0.114. The van der Waals surface area contributed by atoms with Crippen molar-refractivity contribution in [3.8, 4) is 17.2 Å². The number of hydrogen-bond acceptors (Lipinski definition) is 6. The van der Waals surface area contributed by atoms with E-state index >= 15 is 0 Å². The smallest absolute Gasteiger partial charge is 0.274 e. The van der Waals surface area contributed by atoms with Gasteiger partial charge < -0.3 is 23.8 Å². The average Bonchev–Trinajstić information content (AvgIpc) is 3.52. The Balaban J connectivity index is 1.33. The predicted molar refractivity (Wildman–Crippen MR) is 121 cm³/mol. The summed E-state index contributed by atoms with van der Waals surface area (Å²) in [7, 11) is 1.67. The van der Waals surface area contributed by atoms with E-state index in [1.807, 2.05) is 29.8 Å². The number of aryl methyl sites for hydroxylation is 1. The van der Waals surface area contributed by atoms with E-state index < -0.39 is 5.72 Å². The van der Waals surface area contributed by atoms with E-state index in [0.29, 0.717) is 5.75 Å². The van der Waals surface area contributed by atoms with E-state index in [-0.39, 0.29) is 12.4 Å². The van der Waals surface area contributed by atoms with Crippen molar-refractivity contribution < 1.29 is 18.7 Å². The summed E-state index contributed by atoms with van der Waals surface area (Å²) in [5.41, 5.74) is 3.95. The highest BCUT2D eigenvalue weighted by Gasteiger charge is 2.55. The number of rotatable bonds is 3. The van der Waals surface area contributed by atoms with Gasteiger partial charge in [0.1, 0.15) is 17.3 Å². The molecule has 0 amide bonds. The van der Waals surface area contributed by atoms with E-state index in [2.05, 4.69) is 27.2 Å². The molecule has 0 N–H and O–H groups in total. The lowest BCUT2D eigenvalue weighted by atomic mass is 9.95. The Morgan fingerprint density at radius 1 is 1.21 bits per heavy atom. The third-order valence-corrected chi connectivity index (χ3v) is 6.41. The van der Waals surface area contributed by atoms with Crippen LogP contribution in [-0.4, -0.2) is 40.5 Å². The largest absolute Gasteiger partial charge is 0.495 e. The maximum atomic E-state index is 13.7. The third-order valence-electron chi connectivity index (χ3n) is 6.41. The molecule has 0 bridgehead atoms. The van der Waals surface area contributed by atoms with Crippen molar-refractivity contribution in [2.45, 2.75) is 25.5 Å². The zero-order chi connectivity index (χ0) is 22.6. The Morgan fingerprint density at radius 2 is 2.12 bits per heavy atom.